The third kappa shape index (κ3) is 7.91. The highest BCUT2D eigenvalue weighted by atomic mass is 79.9. The van der Waals surface area contributed by atoms with Gasteiger partial charge in [0.15, 0.2) is 0 Å². The first kappa shape index (κ1) is 28.4. The fraction of sp³-hybridized carbons (Fsp3) is 0.296. The monoisotopic (exact) mass is 587 g/mol. The average molecular weight is 589 g/mol. The van der Waals surface area contributed by atoms with Gasteiger partial charge in [-0.05, 0) is 43.2 Å². The minimum atomic E-state index is -0.904. The average Bonchev–Trinajstić information content (AvgIpc) is 2.90. The zero-order valence-electron chi connectivity index (χ0n) is 20.5. The third-order valence-corrected chi connectivity index (χ3v) is 6.64. The molecular formula is C27H27BrClN3O5. The molecule has 1 heterocycles. The number of pyridine rings is 1. The van der Waals surface area contributed by atoms with Crippen molar-refractivity contribution < 1.29 is 24.1 Å². The Morgan fingerprint density at radius 2 is 1.97 bits per heavy atom. The second kappa shape index (κ2) is 14.0. The lowest BCUT2D eigenvalue weighted by molar-refractivity contribution is -0.146. The number of carbonyl (C=O) groups is 1. The summed E-state index contributed by atoms with van der Waals surface area (Å²) < 4.78 is 18.1. The molecule has 3 rings (SSSR count). The van der Waals surface area contributed by atoms with Gasteiger partial charge in [-0.3, -0.25) is 15.1 Å². The maximum Gasteiger partial charge on any atom is 0.325 e. The normalized spacial score (nSPS) is 11.5. The molecule has 0 bridgehead atoms. The van der Waals surface area contributed by atoms with E-state index in [1.165, 1.54) is 6.20 Å². The van der Waals surface area contributed by atoms with Gasteiger partial charge in [-0.25, -0.2) is 0 Å². The number of hydrogen-bond acceptors (Lipinski definition) is 8. The zero-order valence-corrected chi connectivity index (χ0v) is 22.8. The number of aromatic nitrogens is 1. The lowest BCUT2D eigenvalue weighted by Gasteiger charge is -2.19. The largest absolute Gasteiger partial charge is 0.488 e. The van der Waals surface area contributed by atoms with E-state index in [0.29, 0.717) is 39.8 Å². The van der Waals surface area contributed by atoms with Crippen LogP contribution in [0.5, 0.6) is 11.5 Å². The highest BCUT2D eigenvalue weighted by molar-refractivity contribution is 9.10. The lowest BCUT2D eigenvalue weighted by Crippen LogP contribution is -2.40. The van der Waals surface area contributed by atoms with E-state index >= 15 is 0 Å². The van der Waals surface area contributed by atoms with Crippen LogP contribution in [0.1, 0.15) is 34.7 Å². The molecule has 0 saturated carbocycles. The number of halogens is 2. The summed E-state index contributed by atoms with van der Waals surface area (Å²) >= 11 is 10.1. The number of nitriles is 1. The summed E-state index contributed by atoms with van der Waals surface area (Å²) in [5.74, 6) is 0.330. The zero-order chi connectivity index (χ0) is 26.8. The molecule has 194 valence electrons. The van der Waals surface area contributed by atoms with Crippen LogP contribution in [0.25, 0.3) is 0 Å². The number of hydrogen-bond donors (Lipinski definition) is 2. The number of nitrogens with one attached hydrogen (secondary N) is 1. The van der Waals surface area contributed by atoms with Gasteiger partial charge in [0.2, 0.25) is 0 Å². The van der Waals surface area contributed by atoms with Crippen molar-refractivity contribution >= 4 is 33.5 Å². The maximum atomic E-state index is 12.1. The molecule has 10 heteroatoms. The van der Waals surface area contributed by atoms with Crippen molar-refractivity contribution in [3.8, 4) is 17.6 Å². The van der Waals surface area contributed by atoms with Gasteiger partial charge in [0, 0.05) is 40.6 Å². The molecule has 0 fully saturated rings. The van der Waals surface area contributed by atoms with Gasteiger partial charge >= 0.3 is 5.97 Å². The quantitative estimate of drug-likeness (QED) is 0.289. The van der Waals surface area contributed by atoms with E-state index in [1.807, 2.05) is 25.1 Å². The van der Waals surface area contributed by atoms with Gasteiger partial charge in [-0.1, -0.05) is 39.7 Å². The molecule has 8 nitrogen and oxygen atoms in total. The summed E-state index contributed by atoms with van der Waals surface area (Å²) in [6, 6.07) is 12.1. The first-order valence-electron chi connectivity index (χ1n) is 11.5. The second-order valence-corrected chi connectivity index (χ2v) is 9.31. The Hall–Kier alpha value is -3.16. The summed E-state index contributed by atoms with van der Waals surface area (Å²) in [6.07, 6.45) is 3.09. The van der Waals surface area contributed by atoms with Crippen LogP contribution >= 0.6 is 27.5 Å². The van der Waals surface area contributed by atoms with E-state index in [1.54, 1.807) is 31.3 Å². The predicted octanol–water partition coefficient (Wildman–Crippen LogP) is 4.85. The highest BCUT2D eigenvalue weighted by Gasteiger charge is 2.20. The third-order valence-electron chi connectivity index (χ3n) is 5.49. The van der Waals surface area contributed by atoms with E-state index in [-0.39, 0.29) is 19.8 Å². The Bertz CT molecular complexity index is 1280. The standard InChI is InChI=1S/C27H27BrClN3O5/c1-3-35-27(34)24(14-33)32-13-21-8-23(29)26(37-16-20-5-4-6-22(28)17(20)2)9-25(21)36-15-19-7-18(10-30)11-31-12-19/h4-9,11-12,24,32-33H,3,13-16H2,1-2H3/t24-/m1/s1. The molecule has 37 heavy (non-hydrogen) atoms. The highest BCUT2D eigenvalue weighted by Crippen LogP contribution is 2.34. The molecular weight excluding hydrogens is 562 g/mol. The summed E-state index contributed by atoms with van der Waals surface area (Å²) in [5, 5.41) is 22.1. The molecule has 0 spiro atoms. The number of carbonyl (C=O) groups excluding carboxylic acids is 1. The molecule has 0 aliphatic carbocycles. The number of esters is 1. The first-order valence-corrected chi connectivity index (χ1v) is 12.7. The van der Waals surface area contributed by atoms with Crippen molar-refractivity contribution in [3.05, 3.63) is 86.1 Å². The minimum absolute atomic E-state index is 0.142. The Labute approximate surface area is 229 Å². The number of rotatable bonds is 12. The van der Waals surface area contributed by atoms with Crippen LogP contribution in [0.15, 0.2) is 53.3 Å². The molecule has 0 amide bonds. The summed E-state index contributed by atoms with van der Waals surface area (Å²) in [6.45, 7) is 4.08. The summed E-state index contributed by atoms with van der Waals surface area (Å²) in [5.41, 5.74) is 3.84. The van der Waals surface area contributed by atoms with Gasteiger partial charge in [0.1, 0.15) is 36.8 Å². The van der Waals surface area contributed by atoms with Crippen molar-refractivity contribution in [3.63, 3.8) is 0 Å². The van der Waals surface area contributed by atoms with E-state index in [4.69, 9.17) is 31.1 Å². The van der Waals surface area contributed by atoms with Gasteiger partial charge in [0.05, 0.1) is 23.8 Å². The van der Waals surface area contributed by atoms with Crippen LogP contribution in [0.2, 0.25) is 5.02 Å². The van der Waals surface area contributed by atoms with E-state index in [2.05, 4.69) is 32.3 Å². The molecule has 0 saturated heterocycles. The lowest BCUT2D eigenvalue weighted by atomic mass is 10.1. The van der Waals surface area contributed by atoms with Crippen LogP contribution in [-0.2, 0) is 29.3 Å². The topological polar surface area (TPSA) is 114 Å². The first-order chi connectivity index (χ1) is 17.9. The van der Waals surface area contributed by atoms with Gasteiger partial charge < -0.3 is 19.3 Å². The molecule has 0 aliphatic heterocycles. The number of ether oxygens (including phenoxy) is 3. The van der Waals surface area contributed by atoms with Crippen molar-refractivity contribution in [2.45, 2.75) is 39.6 Å². The van der Waals surface area contributed by atoms with Crippen molar-refractivity contribution in [2.24, 2.45) is 0 Å². The van der Waals surface area contributed by atoms with Gasteiger partial charge in [-0.15, -0.1) is 0 Å². The van der Waals surface area contributed by atoms with Crippen LogP contribution in [-0.4, -0.2) is 35.3 Å². The number of nitrogens with zero attached hydrogens (tertiary/aromatic N) is 2. The number of benzene rings is 2. The van der Waals surface area contributed by atoms with Gasteiger partial charge in [0.25, 0.3) is 0 Å². The molecule has 2 N–H and O–H groups in total. The van der Waals surface area contributed by atoms with E-state index < -0.39 is 18.6 Å². The fourth-order valence-electron chi connectivity index (χ4n) is 3.41. The van der Waals surface area contributed by atoms with Crippen LogP contribution < -0.4 is 14.8 Å². The Kier molecular flexibility index (Phi) is 10.7. The van der Waals surface area contributed by atoms with Crippen LogP contribution in [0.3, 0.4) is 0 Å². The molecule has 3 aromatic rings. The molecule has 0 aliphatic rings. The van der Waals surface area contributed by atoms with E-state index in [0.717, 1.165) is 15.6 Å². The second-order valence-electron chi connectivity index (χ2n) is 8.05. The molecule has 1 atom stereocenters. The van der Waals surface area contributed by atoms with Crippen molar-refractivity contribution in [2.75, 3.05) is 13.2 Å². The molecule has 1 aromatic heterocycles. The predicted molar refractivity (Wildman–Crippen MR) is 142 cm³/mol. The molecule has 0 radical (unpaired) electrons. The van der Waals surface area contributed by atoms with Crippen LogP contribution in [0.4, 0.5) is 0 Å². The smallest absolute Gasteiger partial charge is 0.325 e. The SMILES string of the molecule is CCOC(=O)[C@@H](CO)NCc1cc(Cl)c(OCc2cccc(Br)c2C)cc1OCc1cncc(C#N)c1. The fourth-order valence-corrected chi connectivity index (χ4v) is 4.06. The molecule has 2 aromatic carbocycles. The molecule has 0 unspecified atom stereocenters. The summed E-state index contributed by atoms with van der Waals surface area (Å²) in [4.78, 5) is 16.1. The van der Waals surface area contributed by atoms with E-state index in [9.17, 15) is 9.90 Å². The Balaban J connectivity index is 1.84. The summed E-state index contributed by atoms with van der Waals surface area (Å²) in [7, 11) is 0. The number of aliphatic hydroxyl groups excluding tert-OH is 1. The Morgan fingerprint density at radius 1 is 1.19 bits per heavy atom. The Morgan fingerprint density at radius 3 is 2.70 bits per heavy atom. The van der Waals surface area contributed by atoms with Crippen molar-refractivity contribution in [1.29, 1.82) is 5.26 Å². The minimum Gasteiger partial charge on any atom is -0.488 e. The maximum absolute atomic E-state index is 12.1. The van der Waals surface area contributed by atoms with Crippen molar-refractivity contribution in [1.82, 2.24) is 10.3 Å². The number of aliphatic hydroxyl groups is 1. The van der Waals surface area contributed by atoms with Crippen LogP contribution in [0, 0.1) is 18.3 Å². The van der Waals surface area contributed by atoms with Gasteiger partial charge in [-0.2, -0.15) is 5.26 Å².